The van der Waals surface area contributed by atoms with Gasteiger partial charge in [0.05, 0.1) is 12.4 Å². The van der Waals surface area contributed by atoms with Gasteiger partial charge in [0.2, 0.25) is 5.91 Å². The molecule has 1 aromatic carbocycles. The molecule has 2 rings (SSSR count). The molecule has 0 aliphatic rings. The molecule has 0 saturated carbocycles. The Morgan fingerprint density at radius 1 is 1.39 bits per heavy atom. The summed E-state index contributed by atoms with van der Waals surface area (Å²) in [5.41, 5.74) is 0.739. The van der Waals surface area contributed by atoms with E-state index >= 15 is 0 Å². The second-order valence-electron chi connectivity index (χ2n) is 4.72. The van der Waals surface area contributed by atoms with Crippen LogP contribution in [0.2, 0.25) is 0 Å². The molecule has 0 fully saturated rings. The molecule has 1 N–H and O–H groups in total. The number of benzene rings is 1. The van der Waals surface area contributed by atoms with E-state index in [0.29, 0.717) is 18.3 Å². The number of carbonyl (C=O) groups is 1. The fourth-order valence-corrected chi connectivity index (χ4v) is 2.73. The lowest BCUT2D eigenvalue weighted by molar-refractivity contribution is -0.113. The zero-order valence-corrected chi connectivity index (χ0v) is 14.1. The van der Waals surface area contributed by atoms with Crippen molar-refractivity contribution >= 4 is 23.4 Å². The number of rotatable bonds is 8. The highest BCUT2D eigenvalue weighted by atomic mass is 32.2. The molecule has 0 bridgehead atoms. The van der Waals surface area contributed by atoms with Crippen LogP contribution < -0.4 is 10.1 Å². The molecule has 0 radical (unpaired) electrons. The van der Waals surface area contributed by atoms with Crippen molar-refractivity contribution in [3.8, 4) is 5.75 Å². The summed E-state index contributed by atoms with van der Waals surface area (Å²) in [5, 5.41) is 11.7. The van der Waals surface area contributed by atoms with E-state index in [2.05, 4.69) is 22.1 Å². The summed E-state index contributed by atoms with van der Waals surface area (Å²) in [4.78, 5) is 12.0. The molecule has 23 heavy (non-hydrogen) atoms. The van der Waals surface area contributed by atoms with Crippen molar-refractivity contribution in [2.24, 2.45) is 0 Å². The number of ether oxygens (including phenoxy) is 1. The first-order valence-corrected chi connectivity index (χ1v) is 8.28. The molecule has 0 aliphatic heterocycles. The number of aromatic nitrogens is 3. The number of carbonyl (C=O) groups excluding carboxylic acids is 1. The highest BCUT2D eigenvalue weighted by Gasteiger charge is 2.11. The molecule has 0 aliphatic carbocycles. The molecule has 7 heteroatoms. The van der Waals surface area contributed by atoms with Gasteiger partial charge in [-0.05, 0) is 38.1 Å². The monoisotopic (exact) mass is 332 g/mol. The van der Waals surface area contributed by atoms with E-state index < -0.39 is 0 Å². The summed E-state index contributed by atoms with van der Waals surface area (Å²) in [6.45, 7) is 8.76. The fourth-order valence-electron chi connectivity index (χ4n) is 1.94. The molecule has 0 atom stereocenters. The molecule has 1 heterocycles. The maximum Gasteiger partial charge on any atom is 0.234 e. The van der Waals surface area contributed by atoms with Crippen LogP contribution in [-0.4, -0.2) is 33.0 Å². The van der Waals surface area contributed by atoms with Gasteiger partial charge in [0.1, 0.15) is 11.6 Å². The smallest absolute Gasteiger partial charge is 0.234 e. The summed E-state index contributed by atoms with van der Waals surface area (Å²) in [5.74, 6) is 1.76. The van der Waals surface area contributed by atoms with Crippen LogP contribution in [-0.2, 0) is 11.3 Å². The predicted molar refractivity (Wildman–Crippen MR) is 91.9 cm³/mol. The Hall–Kier alpha value is -2.28. The van der Waals surface area contributed by atoms with E-state index in [9.17, 15) is 4.79 Å². The molecular formula is C16H20N4O2S. The lowest BCUT2D eigenvalue weighted by Gasteiger charge is -2.07. The average Bonchev–Trinajstić information content (AvgIpc) is 2.89. The maximum atomic E-state index is 12.0. The molecule has 2 aromatic rings. The summed E-state index contributed by atoms with van der Waals surface area (Å²) < 4.78 is 7.29. The van der Waals surface area contributed by atoms with E-state index in [-0.39, 0.29) is 11.7 Å². The molecule has 0 saturated heterocycles. The second-order valence-corrected chi connectivity index (χ2v) is 5.67. The number of thioether (sulfide) groups is 1. The van der Waals surface area contributed by atoms with Gasteiger partial charge in [0.25, 0.3) is 0 Å². The van der Waals surface area contributed by atoms with Crippen LogP contribution in [0.5, 0.6) is 5.75 Å². The van der Waals surface area contributed by atoms with E-state index in [1.165, 1.54) is 11.8 Å². The molecule has 0 spiro atoms. The first-order valence-electron chi connectivity index (χ1n) is 7.30. The largest absolute Gasteiger partial charge is 0.494 e. The highest BCUT2D eigenvalue weighted by Crippen LogP contribution is 2.19. The van der Waals surface area contributed by atoms with Crippen molar-refractivity contribution in [1.82, 2.24) is 14.8 Å². The van der Waals surface area contributed by atoms with Gasteiger partial charge in [-0.15, -0.1) is 16.8 Å². The van der Waals surface area contributed by atoms with Crippen molar-refractivity contribution in [3.63, 3.8) is 0 Å². The van der Waals surface area contributed by atoms with Crippen molar-refractivity contribution in [2.45, 2.75) is 25.5 Å². The minimum atomic E-state index is -0.0926. The van der Waals surface area contributed by atoms with Crippen molar-refractivity contribution < 1.29 is 9.53 Å². The lowest BCUT2D eigenvalue weighted by atomic mass is 10.3. The van der Waals surface area contributed by atoms with Crippen LogP contribution >= 0.6 is 11.8 Å². The summed E-state index contributed by atoms with van der Waals surface area (Å²) in [6, 6.07) is 7.29. The number of allylic oxidation sites excluding steroid dienone is 1. The Labute approximate surface area is 139 Å². The van der Waals surface area contributed by atoms with Crippen LogP contribution in [0.1, 0.15) is 12.7 Å². The molecule has 1 aromatic heterocycles. The predicted octanol–water partition coefficient (Wildman–Crippen LogP) is 2.90. The number of hydrogen-bond acceptors (Lipinski definition) is 5. The fraction of sp³-hybridized carbons (Fsp3) is 0.312. The molecule has 0 unspecified atom stereocenters. The van der Waals surface area contributed by atoms with Crippen molar-refractivity contribution in [1.29, 1.82) is 0 Å². The number of anilines is 1. The van der Waals surface area contributed by atoms with E-state index in [0.717, 1.165) is 17.3 Å². The summed E-state index contributed by atoms with van der Waals surface area (Å²) in [7, 11) is 0. The van der Waals surface area contributed by atoms with E-state index in [1.54, 1.807) is 6.08 Å². The van der Waals surface area contributed by atoms with E-state index in [1.807, 2.05) is 42.7 Å². The minimum absolute atomic E-state index is 0.0926. The zero-order valence-electron chi connectivity index (χ0n) is 13.3. The number of aryl methyl sites for hydroxylation is 1. The van der Waals surface area contributed by atoms with Crippen molar-refractivity contribution in [3.05, 3.63) is 42.7 Å². The Morgan fingerprint density at radius 3 is 2.78 bits per heavy atom. The molecule has 122 valence electrons. The summed E-state index contributed by atoms with van der Waals surface area (Å²) >= 11 is 1.35. The van der Waals surface area contributed by atoms with Crippen LogP contribution in [0.3, 0.4) is 0 Å². The number of hydrogen-bond donors (Lipinski definition) is 1. The van der Waals surface area contributed by atoms with Gasteiger partial charge < -0.3 is 14.6 Å². The minimum Gasteiger partial charge on any atom is -0.494 e. The van der Waals surface area contributed by atoms with Gasteiger partial charge in [-0.25, -0.2) is 0 Å². The Bertz CT molecular complexity index is 667. The third-order valence-electron chi connectivity index (χ3n) is 2.99. The Morgan fingerprint density at radius 2 is 2.13 bits per heavy atom. The molecule has 1 amide bonds. The standard InChI is InChI=1S/C16H20N4O2S/c1-4-10-20-12(3)18-19-16(20)23-11-15(21)17-13-6-8-14(9-7-13)22-5-2/h4,6-9H,1,5,10-11H2,2-3H3,(H,17,21). The quantitative estimate of drug-likeness (QED) is 0.594. The van der Waals surface area contributed by atoms with Crippen molar-refractivity contribution in [2.75, 3.05) is 17.7 Å². The SMILES string of the molecule is C=CCn1c(C)nnc1SCC(=O)Nc1ccc(OCC)cc1. The third kappa shape index (κ3) is 4.85. The number of amides is 1. The first kappa shape index (κ1) is 17.1. The zero-order chi connectivity index (χ0) is 16.7. The van der Waals surface area contributed by atoms with E-state index in [4.69, 9.17) is 4.74 Å². The highest BCUT2D eigenvalue weighted by molar-refractivity contribution is 7.99. The van der Waals surface area contributed by atoms with Gasteiger partial charge in [-0.2, -0.15) is 0 Å². The first-order chi connectivity index (χ1) is 11.1. The topological polar surface area (TPSA) is 69.0 Å². The van der Waals surface area contributed by atoms with Gasteiger partial charge in [0, 0.05) is 12.2 Å². The summed E-state index contributed by atoms with van der Waals surface area (Å²) in [6.07, 6.45) is 1.78. The lowest BCUT2D eigenvalue weighted by Crippen LogP contribution is -2.14. The Balaban J connectivity index is 1.89. The van der Waals surface area contributed by atoms with Gasteiger partial charge in [-0.1, -0.05) is 17.8 Å². The van der Waals surface area contributed by atoms with Crippen LogP contribution in [0.4, 0.5) is 5.69 Å². The average molecular weight is 332 g/mol. The van der Waals surface area contributed by atoms with Crippen LogP contribution in [0.15, 0.2) is 42.1 Å². The molecular weight excluding hydrogens is 312 g/mol. The normalized spacial score (nSPS) is 10.3. The third-order valence-corrected chi connectivity index (χ3v) is 3.96. The Kier molecular flexibility index (Phi) is 6.22. The van der Waals surface area contributed by atoms with Gasteiger partial charge in [0.15, 0.2) is 5.16 Å². The van der Waals surface area contributed by atoms with Crippen LogP contribution in [0.25, 0.3) is 0 Å². The number of nitrogens with one attached hydrogen (secondary N) is 1. The number of nitrogens with zero attached hydrogens (tertiary/aromatic N) is 3. The van der Waals surface area contributed by atoms with Gasteiger partial charge >= 0.3 is 0 Å². The molecule has 6 nitrogen and oxygen atoms in total. The van der Waals surface area contributed by atoms with Gasteiger partial charge in [-0.3, -0.25) is 4.79 Å². The second kappa shape index (κ2) is 8.38. The van der Waals surface area contributed by atoms with Crippen LogP contribution in [0, 0.1) is 6.92 Å². The maximum absolute atomic E-state index is 12.0.